The lowest BCUT2D eigenvalue weighted by Crippen LogP contribution is -2.44. The standard InChI is InChI=1S/C20H29N5/c1-2-12-24-14-10-17(11-15-24)25-13-6-9-18(25)20-21-19(22-23-20)16-7-4-3-5-8-16/h3-5,7-8,17-18H,2,6,9-15H2,1H3,(H,21,22,23)/t18-/m0/s1. The van der Waals surface area contributed by atoms with Crippen molar-refractivity contribution >= 4 is 0 Å². The first kappa shape index (κ1) is 16.7. The molecular weight excluding hydrogens is 310 g/mol. The molecule has 0 bridgehead atoms. The molecule has 3 heterocycles. The van der Waals surface area contributed by atoms with Gasteiger partial charge >= 0.3 is 0 Å². The third-order valence-electron chi connectivity index (χ3n) is 5.71. The molecule has 0 radical (unpaired) electrons. The summed E-state index contributed by atoms with van der Waals surface area (Å²) in [6.45, 7) is 7.21. The quantitative estimate of drug-likeness (QED) is 0.906. The van der Waals surface area contributed by atoms with Crippen LogP contribution in [0.4, 0.5) is 0 Å². The van der Waals surface area contributed by atoms with E-state index < -0.39 is 0 Å². The molecule has 134 valence electrons. The first-order valence-electron chi connectivity index (χ1n) is 9.81. The maximum absolute atomic E-state index is 4.83. The number of hydrogen-bond donors (Lipinski definition) is 1. The van der Waals surface area contributed by atoms with Crippen LogP contribution < -0.4 is 0 Å². The summed E-state index contributed by atoms with van der Waals surface area (Å²) in [5, 5.41) is 7.71. The van der Waals surface area contributed by atoms with Crippen LogP contribution in [0.5, 0.6) is 0 Å². The van der Waals surface area contributed by atoms with E-state index in [0.29, 0.717) is 12.1 Å². The monoisotopic (exact) mass is 339 g/mol. The molecule has 25 heavy (non-hydrogen) atoms. The summed E-state index contributed by atoms with van der Waals surface area (Å²) < 4.78 is 0. The van der Waals surface area contributed by atoms with Crippen molar-refractivity contribution in [2.45, 2.75) is 51.1 Å². The molecule has 5 nitrogen and oxygen atoms in total. The van der Waals surface area contributed by atoms with E-state index in [1.165, 1.54) is 58.3 Å². The first-order chi connectivity index (χ1) is 12.3. The second-order valence-corrected chi connectivity index (χ2v) is 7.38. The number of nitrogens with one attached hydrogen (secondary N) is 1. The van der Waals surface area contributed by atoms with Gasteiger partial charge in [-0.3, -0.25) is 10.00 Å². The Labute approximate surface area is 150 Å². The smallest absolute Gasteiger partial charge is 0.181 e. The van der Waals surface area contributed by atoms with Gasteiger partial charge in [-0.2, -0.15) is 5.10 Å². The number of likely N-dealkylation sites (tertiary alicyclic amines) is 2. The van der Waals surface area contributed by atoms with Crippen LogP contribution in [-0.2, 0) is 0 Å². The summed E-state index contributed by atoms with van der Waals surface area (Å²) >= 11 is 0. The summed E-state index contributed by atoms with van der Waals surface area (Å²) in [7, 11) is 0. The fraction of sp³-hybridized carbons (Fsp3) is 0.600. The maximum Gasteiger partial charge on any atom is 0.181 e. The van der Waals surface area contributed by atoms with Crippen LogP contribution >= 0.6 is 0 Å². The lowest BCUT2D eigenvalue weighted by molar-refractivity contribution is 0.0960. The zero-order valence-electron chi connectivity index (χ0n) is 15.2. The van der Waals surface area contributed by atoms with E-state index in [1.54, 1.807) is 0 Å². The minimum absolute atomic E-state index is 0.410. The number of piperidine rings is 1. The third-order valence-corrected chi connectivity index (χ3v) is 5.71. The summed E-state index contributed by atoms with van der Waals surface area (Å²) in [6.07, 6.45) is 6.30. The molecule has 5 heteroatoms. The largest absolute Gasteiger partial charge is 0.303 e. The van der Waals surface area contributed by atoms with E-state index in [1.807, 2.05) is 18.2 Å². The molecule has 4 rings (SSSR count). The SMILES string of the molecule is CCCN1CCC(N2CCC[C@H]2c2nc(-c3ccccc3)n[nH]2)CC1. The van der Waals surface area contributed by atoms with Gasteiger partial charge in [0.15, 0.2) is 5.82 Å². The Kier molecular flexibility index (Phi) is 5.13. The van der Waals surface area contributed by atoms with Gasteiger partial charge in [0.25, 0.3) is 0 Å². The number of H-pyrrole nitrogens is 1. The fourth-order valence-corrected chi connectivity index (χ4v) is 4.45. The zero-order valence-corrected chi connectivity index (χ0v) is 15.2. The molecule has 1 aromatic heterocycles. The molecule has 2 saturated heterocycles. The van der Waals surface area contributed by atoms with E-state index in [-0.39, 0.29) is 0 Å². The van der Waals surface area contributed by atoms with Gasteiger partial charge in [0.05, 0.1) is 6.04 Å². The van der Waals surface area contributed by atoms with Gasteiger partial charge < -0.3 is 4.90 Å². The molecular formula is C20H29N5. The Morgan fingerprint density at radius 2 is 1.88 bits per heavy atom. The number of rotatable bonds is 5. The molecule has 1 aromatic carbocycles. The van der Waals surface area contributed by atoms with Crippen LogP contribution in [0.3, 0.4) is 0 Å². The minimum atomic E-state index is 0.410. The predicted octanol–water partition coefficient (Wildman–Crippen LogP) is 3.48. The molecule has 0 spiro atoms. The zero-order chi connectivity index (χ0) is 17.1. The average Bonchev–Trinajstić information content (AvgIpc) is 3.33. The Morgan fingerprint density at radius 1 is 1.08 bits per heavy atom. The Balaban J connectivity index is 1.45. The van der Waals surface area contributed by atoms with Crippen LogP contribution in [-0.4, -0.2) is 57.2 Å². The molecule has 1 atom stereocenters. The molecule has 0 saturated carbocycles. The molecule has 2 aliphatic rings. The predicted molar refractivity (Wildman–Crippen MR) is 100 cm³/mol. The van der Waals surface area contributed by atoms with Gasteiger partial charge in [-0.1, -0.05) is 37.3 Å². The molecule has 0 amide bonds. The van der Waals surface area contributed by atoms with Crippen LogP contribution in [0.25, 0.3) is 11.4 Å². The topological polar surface area (TPSA) is 48.1 Å². The normalized spacial score (nSPS) is 23.3. The minimum Gasteiger partial charge on any atom is -0.303 e. The number of nitrogens with zero attached hydrogens (tertiary/aromatic N) is 4. The van der Waals surface area contributed by atoms with Gasteiger partial charge in [-0.05, 0) is 58.3 Å². The highest BCUT2D eigenvalue weighted by atomic mass is 15.3. The van der Waals surface area contributed by atoms with Crippen molar-refractivity contribution in [2.24, 2.45) is 0 Å². The highest BCUT2D eigenvalue weighted by Gasteiger charge is 2.35. The first-order valence-corrected chi connectivity index (χ1v) is 9.81. The molecule has 2 aliphatic heterocycles. The highest BCUT2D eigenvalue weighted by molar-refractivity contribution is 5.53. The molecule has 0 unspecified atom stereocenters. The summed E-state index contributed by atoms with van der Waals surface area (Å²) in [6, 6.07) is 11.4. The van der Waals surface area contributed by atoms with E-state index in [0.717, 1.165) is 17.2 Å². The van der Waals surface area contributed by atoms with E-state index in [4.69, 9.17) is 4.98 Å². The Bertz CT molecular complexity index is 660. The number of aromatic amines is 1. The third kappa shape index (κ3) is 3.62. The number of hydrogen-bond acceptors (Lipinski definition) is 4. The maximum atomic E-state index is 4.83. The fourth-order valence-electron chi connectivity index (χ4n) is 4.45. The van der Waals surface area contributed by atoms with Crippen molar-refractivity contribution < 1.29 is 0 Å². The number of benzene rings is 1. The van der Waals surface area contributed by atoms with Gasteiger partial charge in [0, 0.05) is 11.6 Å². The van der Waals surface area contributed by atoms with Crippen molar-refractivity contribution in [1.29, 1.82) is 0 Å². The van der Waals surface area contributed by atoms with Crippen molar-refractivity contribution in [2.75, 3.05) is 26.2 Å². The van der Waals surface area contributed by atoms with Crippen molar-refractivity contribution in [3.05, 3.63) is 36.2 Å². The average molecular weight is 339 g/mol. The van der Waals surface area contributed by atoms with Crippen LogP contribution in [0.1, 0.15) is 50.9 Å². The molecule has 2 aromatic rings. The van der Waals surface area contributed by atoms with Crippen LogP contribution in [0, 0.1) is 0 Å². The second kappa shape index (κ2) is 7.67. The van der Waals surface area contributed by atoms with Crippen LogP contribution in [0.2, 0.25) is 0 Å². The van der Waals surface area contributed by atoms with Crippen LogP contribution in [0.15, 0.2) is 30.3 Å². The van der Waals surface area contributed by atoms with Gasteiger partial charge in [0.2, 0.25) is 0 Å². The van der Waals surface area contributed by atoms with Gasteiger partial charge in [-0.25, -0.2) is 4.98 Å². The Hall–Kier alpha value is -1.72. The molecule has 1 N–H and O–H groups in total. The highest BCUT2D eigenvalue weighted by Crippen LogP contribution is 2.35. The summed E-state index contributed by atoms with van der Waals surface area (Å²) in [5.74, 6) is 1.87. The van der Waals surface area contributed by atoms with E-state index >= 15 is 0 Å². The lowest BCUT2D eigenvalue weighted by atomic mass is 10.0. The van der Waals surface area contributed by atoms with Crippen molar-refractivity contribution in [3.63, 3.8) is 0 Å². The van der Waals surface area contributed by atoms with E-state index in [2.05, 4.69) is 39.1 Å². The summed E-state index contributed by atoms with van der Waals surface area (Å²) in [4.78, 5) is 10.1. The molecule has 2 fully saturated rings. The lowest BCUT2D eigenvalue weighted by Gasteiger charge is -2.38. The van der Waals surface area contributed by atoms with Gasteiger partial charge in [-0.15, -0.1) is 0 Å². The molecule has 0 aliphatic carbocycles. The Morgan fingerprint density at radius 3 is 2.64 bits per heavy atom. The summed E-state index contributed by atoms with van der Waals surface area (Å²) in [5.41, 5.74) is 1.09. The van der Waals surface area contributed by atoms with Crippen molar-refractivity contribution in [3.8, 4) is 11.4 Å². The second-order valence-electron chi connectivity index (χ2n) is 7.38. The van der Waals surface area contributed by atoms with Crippen molar-refractivity contribution in [1.82, 2.24) is 25.0 Å². The van der Waals surface area contributed by atoms with E-state index in [9.17, 15) is 0 Å². The van der Waals surface area contributed by atoms with Gasteiger partial charge in [0.1, 0.15) is 5.82 Å². The number of aromatic nitrogens is 3.